The lowest BCUT2D eigenvalue weighted by Gasteiger charge is -2.19. The highest BCUT2D eigenvalue weighted by Gasteiger charge is 2.35. The van der Waals surface area contributed by atoms with Crippen LogP contribution in [-0.2, 0) is 16.1 Å². The van der Waals surface area contributed by atoms with Gasteiger partial charge in [0.25, 0.3) is 5.91 Å². The molecule has 4 heterocycles. The average Bonchev–Trinajstić information content (AvgIpc) is 3.60. The van der Waals surface area contributed by atoms with E-state index in [1.807, 2.05) is 43.3 Å². The van der Waals surface area contributed by atoms with E-state index in [4.69, 9.17) is 9.15 Å². The molecule has 1 fully saturated rings. The lowest BCUT2D eigenvalue weighted by molar-refractivity contribution is -0.130. The molecule has 0 N–H and O–H groups in total. The number of amides is 1. The average molecular weight is 453 g/mol. The maximum atomic E-state index is 13.2. The van der Waals surface area contributed by atoms with Crippen molar-refractivity contribution in [3.63, 3.8) is 0 Å². The van der Waals surface area contributed by atoms with E-state index in [9.17, 15) is 4.79 Å². The van der Waals surface area contributed by atoms with Gasteiger partial charge in [0, 0.05) is 13.0 Å². The van der Waals surface area contributed by atoms with Crippen LogP contribution in [-0.4, -0.2) is 55.3 Å². The number of hydrogen-bond acceptors (Lipinski definition) is 8. The van der Waals surface area contributed by atoms with Crippen LogP contribution < -0.4 is 0 Å². The molecule has 1 saturated heterocycles. The molecule has 2 aliphatic heterocycles. The number of tetrazole rings is 1. The van der Waals surface area contributed by atoms with E-state index in [0.29, 0.717) is 18.1 Å². The molecule has 1 aromatic carbocycles. The summed E-state index contributed by atoms with van der Waals surface area (Å²) >= 11 is 1.31. The lowest BCUT2D eigenvalue weighted by Crippen LogP contribution is -2.28. The fourth-order valence-corrected chi connectivity index (χ4v) is 4.69. The summed E-state index contributed by atoms with van der Waals surface area (Å²) in [6, 6.07) is 11.6. The molecule has 10 heteroatoms. The summed E-state index contributed by atoms with van der Waals surface area (Å²) in [7, 11) is 0. The molecule has 2 aliphatic rings. The van der Waals surface area contributed by atoms with Crippen molar-refractivity contribution < 1.29 is 13.9 Å². The summed E-state index contributed by atoms with van der Waals surface area (Å²) in [5.74, 6) is 0.774. The first-order chi connectivity index (χ1) is 15.7. The third-order valence-corrected chi connectivity index (χ3v) is 6.59. The van der Waals surface area contributed by atoms with Gasteiger partial charge in [-0.1, -0.05) is 41.6 Å². The lowest BCUT2D eigenvalue weighted by atomic mass is 10.0. The minimum Gasteiger partial charge on any atom is -0.467 e. The molecule has 1 amide bonds. The Hall–Kier alpha value is -2.98. The zero-order valence-corrected chi connectivity index (χ0v) is 18.6. The molecule has 0 bridgehead atoms. The molecule has 2 aromatic heterocycles. The van der Waals surface area contributed by atoms with Crippen LogP contribution in [0.25, 0.3) is 0 Å². The van der Waals surface area contributed by atoms with E-state index in [-0.39, 0.29) is 23.8 Å². The van der Waals surface area contributed by atoms with Crippen molar-refractivity contribution >= 4 is 23.4 Å². The van der Waals surface area contributed by atoms with Crippen molar-refractivity contribution in [2.75, 3.05) is 12.4 Å². The number of carbonyl (C=O) groups is 1. The van der Waals surface area contributed by atoms with Gasteiger partial charge in [0.2, 0.25) is 5.16 Å². The first-order valence-electron chi connectivity index (χ1n) is 10.7. The van der Waals surface area contributed by atoms with E-state index >= 15 is 0 Å². The molecule has 0 saturated carbocycles. The third kappa shape index (κ3) is 4.46. The quantitative estimate of drug-likeness (QED) is 0.508. The Kier molecular flexibility index (Phi) is 6.04. The minimum atomic E-state index is -0.266. The maximum absolute atomic E-state index is 13.2. The van der Waals surface area contributed by atoms with Crippen molar-refractivity contribution in [2.45, 2.75) is 50.0 Å². The molecule has 9 nitrogen and oxygen atoms in total. The fourth-order valence-electron chi connectivity index (χ4n) is 3.95. The number of thioether (sulfide) groups is 1. The number of aromatic nitrogens is 4. The van der Waals surface area contributed by atoms with Crippen molar-refractivity contribution in [1.82, 2.24) is 25.2 Å². The smallest absolute Gasteiger partial charge is 0.253 e. The molecular weight excluding hydrogens is 428 g/mol. The summed E-state index contributed by atoms with van der Waals surface area (Å²) in [6.45, 7) is 3.42. The first kappa shape index (κ1) is 20.9. The van der Waals surface area contributed by atoms with Gasteiger partial charge in [-0.3, -0.25) is 4.79 Å². The maximum Gasteiger partial charge on any atom is 0.253 e. The molecule has 32 heavy (non-hydrogen) atoms. The van der Waals surface area contributed by atoms with Crippen molar-refractivity contribution in [2.24, 2.45) is 5.10 Å². The van der Waals surface area contributed by atoms with Crippen molar-refractivity contribution in [1.29, 1.82) is 0 Å². The summed E-state index contributed by atoms with van der Waals surface area (Å²) in [4.78, 5) is 13.2. The highest BCUT2D eigenvalue weighted by atomic mass is 32.2. The largest absolute Gasteiger partial charge is 0.467 e. The van der Waals surface area contributed by atoms with Gasteiger partial charge < -0.3 is 9.15 Å². The highest BCUT2D eigenvalue weighted by molar-refractivity contribution is 7.99. The van der Waals surface area contributed by atoms with Crippen LogP contribution in [0.5, 0.6) is 0 Å². The third-order valence-electron chi connectivity index (χ3n) is 5.65. The van der Waals surface area contributed by atoms with Crippen LogP contribution in [0, 0.1) is 6.92 Å². The number of nitrogens with zero attached hydrogens (tertiary/aromatic N) is 6. The van der Waals surface area contributed by atoms with E-state index in [2.05, 4.69) is 20.6 Å². The minimum absolute atomic E-state index is 0.120. The first-order valence-corrected chi connectivity index (χ1v) is 11.7. The van der Waals surface area contributed by atoms with Crippen LogP contribution >= 0.6 is 11.8 Å². The Morgan fingerprint density at radius 2 is 2.12 bits per heavy atom. The Labute approximate surface area is 189 Å². The van der Waals surface area contributed by atoms with Gasteiger partial charge in [0.05, 0.1) is 30.4 Å². The van der Waals surface area contributed by atoms with Crippen LogP contribution in [0.3, 0.4) is 0 Å². The molecule has 3 aromatic rings. The molecule has 0 unspecified atom stereocenters. The number of ether oxygens (including phenoxy) is 1. The van der Waals surface area contributed by atoms with Gasteiger partial charge in [0.1, 0.15) is 11.8 Å². The summed E-state index contributed by atoms with van der Waals surface area (Å²) in [5, 5.41) is 18.7. The Balaban J connectivity index is 1.30. The van der Waals surface area contributed by atoms with Gasteiger partial charge >= 0.3 is 0 Å². The van der Waals surface area contributed by atoms with E-state index in [1.165, 1.54) is 22.3 Å². The fraction of sp³-hybridized carbons (Fsp3) is 0.409. The second-order valence-corrected chi connectivity index (χ2v) is 8.90. The zero-order chi connectivity index (χ0) is 21.9. The van der Waals surface area contributed by atoms with Gasteiger partial charge in [-0.05, 0) is 47.9 Å². The second-order valence-electron chi connectivity index (χ2n) is 7.95. The van der Waals surface area contributed by atoms with E-state index in [1.54, 1.807) is 10.9 Å². The standard InChI is InChI=1S/C22H24N6O3S/c1-15-6-8-16(9-7-15)18-12-19(20-5-3-11-31-20)28(24-18)21(29)14-32-22-23-25-26-27(22)13-17-4-2-10-30-17/h3,5-9,11,17,19H,2,4,10,12-14H2,1H3/t17-,19+/m0/s1. The predicted molar refractivity (Wildman–Crippen MR) is 118 cm³/mol. The topological polar surface area (TPSA) is 98.6 Å². The normalized spacial score (nSPS) is 20.7. The van der Waals surface area contributed by atoms with Gasteiger partial charge in [-0.25, -0.2) is 9.69 Å². The van der Waals surface area contributed by atoms with E-state index in [0.717, 1.165) is 36.5 Å². The van der Waals surface area contributed by atoms with Gasteiger partial charge in [-0.15, -0.1) is 5.10 Å². The number of hydrazone groups is 1. The SMILES string of the molecule is Cc1ccc(C2=NN(C(=O)CSc3nnnn3C[C@@H]3CCCO3)[C@@H](c3ccco3)C2)cc1. The van der Waals surface area contributed by atoms with Crippen LogP contribution in [0.4, 0.5) is 0 Å². The zero-order valence-electron chi connectivity index (χ0n) is 17.8. The molecule has 0 spiro atoms. The Morgan fingerprint density at radius 1 is 1.25 bits per heavy atom. The monoisotopic (exact) mass is 452 g/mol. The van der Waals surface area contributed by atoms with Crippen LogP contribution in [0.1, 0.15) is 42.2 Å². The number of carbonyl (C=O) groups excluding carboxylic acids is 1. The summed E-state index contributed by atoms with van der Waals surface area (Å²) < 4.78 is 13.0. The number of furan rings is 1. The van der Waals surface area contributed by atoms with E-state index < -0.39 is 0 Å². The number of rotatable bonds is 7. The Morgan fingerprint density at radius 3 is 2.88 bits per heavy atom. The summed E-state index contributed by atoms with van der Waals surface area (Å²) in [5.41, 5.74) is 3.06. The highest BCUT2D eigenvalue weighted by Crippen LogP contribution is 2.34. The molecule has 166 valence electrons. The predicted octanol–water partition coefficient (Wildman–Crippen LogP) is 3.22. The van der Waals surface area contributed by atoms with Crippen LogP contribution in [0.2, 0.25) is 0 Å². The molecule has 0 radical (unpaired) electrons. The van der Waals surface area contributed by atoms with Crippen molar-refractivity contribution in [3.05, 3.63) is 59.5 Å². The van der Waals surface area contributed by atoms with Gasteiger partial charge in [-0.2, -0.15) is 5.10 Å². The van der Waals surface area contributed by atoms with Crippen molar-refractivity contribution in [3.8, 4) is 0 Å². The van der Waals surface area contributed by atoms with Crippen LogP contribution in [0.15, 0.2) is 57.3 Å². The summed E-state index contributed by atoms with van der Waals surface area (Å²) in [6.07, 6.45) is 4.40. The molecule has 5 rings (SSSR count). The second kappa shape index (κ2) is 9.25. The number of hydrogen-bond donors (Lipinski definition) is 0. The molecular formula is C22H24N6O3S. The Bertz CT molecular complexity index is 1090. The number of aryl methyl sites for hydroxylation is 1. The molecule has 0 aliphatic carbocycles. The molecule has 2 atom stereocenters. The number of benzene rings is 1. The van der Waals surface area contributed by atoms with Gasteiger partial charge in [0.15, 0.2) is 0 Å².